The second-order valence-electron chi connectivity index (χ2n) is 3.87. The van der Waals surface area contributed by atoms with E-state index in [0.29, 0.717) is 5.02 Å². The van der Waals surface area contributed by atoms with E-state index in [1.54, 1.807) is 6.07 Å². The van der Waals surface area contributed by atoms with E-state index < -0.39 is 0 Å². The first kappa shape index (κ1) is 10.5. The van der Waals surface area contributed by atoms with Crippen LogP contribution < -0.4 is 11.1 Å². The van der Waals surface area contributed by atoms with Crippen molar-refractivity contribution in [2.24, 2.45) is 11.7 Å². The maximum absolute atomic E-state index is 11.4. The predicted molar refractivity (Wildman–Crippen MR) is 59.5 cm³/mol. The molecule has 2 rings (SSSR count). The van der Waals surface area contributed by atoms with Crippen LogP contribution in [0, 0.1) is 5.92 Å². The summed E-state index contributed by atoms with van der Waals surface area (Å²) in [6, 6.07) is 7.07. The molecule has 1 aromatic carbocycles. The Labute approximate surface area is 93.6 Å². The Morgan fingerprint density at radius 1 is 1.40 bits per heavy atom. The summed E-state index contributed by atoms with van der Waals surface area (Å²) in [6.45, 7) is 1.83. The van der Waals surface area contributed by atoms with Gasteiger partial charge in [0.2, 0.25) is 5.91 Å². The van der Waals surface area contributed by atoms with Crippen LogP contribution in [0.1, 0.15) is 18.5 Å². The average Bonchev–Trinajstić information content (AvgIpc) is 2.47. The molecular weight excluding hydrogens is 212 g/mol. The molecule has 3 nitrogen and oxygen atoms in total. The molecule has 0 aliphatic carbocycles. The first-order chi connectivity index (χ1) is 7.11. The molecular formula is C11H13ClN2O. The SMILES string of the molecule is CC1C(=O)NC(c2ccccc2Cl)C1N. The Kier molecular flexibility index (Phi) is 2.67. The number of rotatable bonds is 1. The molecule has 4 heteroatoms. The lowest BCUT2D eigenvalue weighted by molar-refractivity contribution is -0.122. The van der Waals surface area contributed by atoms with Crippen LogP contribution >= 0.6 is 11.6 Å². The molecule has 0 spiro atoms. The summed E-state index contributed by atoms with van der Waals surface area (Å²) < 4.78 is 0. The Hall–Kier alpha value is -1.06. The number of nitrogens with one attached hydrogen (secondary N) is 1. The normalized spacial score (nSPS) is 30.3. The van der Waals surface area contributed by atoms with Gasteiger partial charge in [-0.3, -0.25) is 4.79 Å². The largest absolute Gasteiger partial charge is 0.347 e. The van der Waals surface area contributed by atoms with Crippen molar-refractivity contribution in [1.82, 2.24) is 5.32 Å². The van der Waals surface area contributed by atoms with Crippen molar-refractivity contribution in [2.45, 2.75) is 19.0 Å². The van der Waals surface area contributed by atoms with Gasteiger partial charge in [0, 0.05) is 11.1 Å². The molecule has 1 heterocycles. The van der Waals surface area contributed by atoms with Crippen molar-refractivity contribution in [3.63, 3.8) is 0 Å². The number of carbonyl (C=O) groups is 1. The summed E-state index contributed by atoms with van der Waals surface area (Å²) in [5.41, 5.74) is 6.86. The van der Waals surface area contributed by atoms with Crippen LogP contribution in [0.15, 0.2) is 24.3 Å². The lowest BCUT2D eigenvalue weighted by atomic mass is 9.96. The van der Waals surface area contributed by atoms with Crippen LogP contribution in [0.25, 0.3) is 0 Å². The minimum absolute atomic E-state index is 0.00702. The quantitative estimate of drug-likeness (QED) is 0.759. The summed E-state index contributed by atoms with van der Waals surface area (Å²) in [5.74, 6) is -0.168. The molecule has 3 N–H and O–H groups in total. The summed E-state index contributed by atoms with van der Waals surface area (Å²) in [7, 11) is 0. The van der Waals surface area contributed by atoms with Crippen molar-refractivity contribution in [1.29, 1.82) is 0 Å². The topological polar surface area (TPSA) is 55.1 Å². The zero-order valence-corrected chi connectivity index (χ0v) is 9.16. The molecule has 1 aliphatic heterocycles. The lowest BCUT2D eigenvalue weighted by Gasteiger charge is -2.17. The molecule has 0 bridgehead atoms. The Morgan fingerprint density at radius 3 is 2.60 bits per heavy atom. The van der Waals surface area contributed by atoms with Crippen molar-refractivity contribution < 1.29 is 4.79 Å². The van der Waals surface area contributed by atoms with E-state index in [2.05, 4.69) is 5.32 Å². The van der Waals surface area contributed by atoms with Crippen LogP contribution in [0.5, 0.6) is 0 Å². The van der Waals surface area contributed by atoms with E-state index in [-0.39, 0.29) is 23.9 Å². The fourth-order valence-electron chi connectivity index (χ4n) is 1.86. The van der Waals surface area contributed by atoms with Crippen molar-refractivity contribution in [3.8, 4) is 0 Å². The highest BCUT2D eigenvalue weighted by Gasteiger charge is 2.38. The number of benzene rings is 1. The van der Waals surface area contributed by atoms with Crippen LogP contribution in [-0.2, 0) is 4.79 Å². The van der Waals surface area contributed by atoms with E-state index in [0.717, 1.165) is 5.56 Å². The fourth-order valence-corrected chi connectivity index (χ4v) is 2.11. The van der Waals surface area contributed by atoms with Gasteiger partial charge in [0.05, 0.1) is 12.0 Å². The van der Waals surface area contributed by atoms with E-state index >= 15 is 0 Å². The van der Waals surface area contributed by atoms with Crippen molar-refractivity contribution in [3.05, 3.63) is 34.9 Å². The highest BCUT2D eigenvalue weighted by atomic mass is 35.5. The van der Waals surface area contributed by atoms with E-state index in [1.807, 2.05) is 25.1 Å². The first-order valence-corrected chi connectivity index (χ1v) is 5.29. The number of hydrogen-bond acceptors (Lipinski definition) is 2. The highest BCUT2D eigenvalue weighted by molar-refractivity contribution is 6.31. The van der Waals surface area contributed by atoms with Gasteiger partial charge in [-0.05, 0) is 11.6 Å². The molecule has 3 atom stereocenters. The molecule has 0 radical (unpaired) electrons. The Balaban J connectivity index is 2.34. The maximum Gasteiger partial charge on any atom is 0.225 e. The molecule has 1 fully saturated rings. The zero-order valence-electron chi connectivity index (χ0n) is 8.41. The number of nitrogens with two attached hydrogens (primary N) is 1. The van der Waals surface area contributed by atoms with Gasteiger partial charge in [0.1, 0.15) is 0 Å². The van der Waals surface area contributed by atoms with Gasteiger partial charge in [-0.15, -0.1) is 0 Å². The third kappa shape index (κ3) is 1.73. The smallest absolute Gasteiger partial charge is 0.225 e. The Bertz CT molecular complexity index is 394. The molecule has 1 aromatic rings. The van der Waals surface area contributed by atoms with Gasteiger partial charge >= 0.3 is 0 Å². The van der Waals surface area contributed by atoms with Gasteiger partial charge in [0.15, 0.2) is 0 Å². The van der Waals surface area contributed by atoms with E-state index in [9.17, 15) is 4.79 Å². The third-order valence-corrected chi connectivity index (χ3v) is 3.26. The number of hydrogen-bond donors (Lipinski definition) is 2. The number of carbonyl (C=O) groups excluding carboxylic acids is 1. The van der Waals surface area contributed by atoms with Crippen molar-refractivity contribution in [2.75, 3.05) is 0 Å². The van der Waals surface area contributed by atoms with Crippen LogP contribution in [-0.4, -0.2) is 11.9 Å². The standard InChI is InChI=1S/C11H13ClN2O/c1-6-9(13)10(14-11(6)15)7-4-2-3-5-8(7)12/h2-6,9-10H,13H2,1H3,(H,14,15). The minimum Gasteiger partial charge on any atom is -0.347 e. The molecule has 0 saturated carbocycles. The molecule has 1 amide bonds. The van der Waals surface area contributed by atoms with Gasteiger partial charge < -0.3 is 11.1 Å². The van der Waals surface area contributed by atoms with Crippen LogP contribution in [0.2, 0.25) is 5.02 Å². The molecule has 80 valence electrons. The second-order valence-corrected chi connectivity index (χ2v) is 4.28. The molecule has 1 saturated heterocycles. The number of halogens is 1. The highest BCUT2D eigenvalue weighted by Crippen LogP contribution is 2.31. The summed E-state index contributed by atoms with van der Waals surface area (Å²) in [4.78, 5) is 11.4. The third-order valence-electron chi connectivity index (χ3n) is 2.91. The van der Waals surface area contributed by atoms with Crippen molar-refractivity contribution >= 4 is 17.5 Å². The van der Waals surface area contributed by atoms with Gasteiger partial charge in [-0.1, -0.05) is 36.7 Å². The number of amides is 1. The first-order valence-electron chi connectivity index (χ1n) is 4.91. The maximum atomic E-state index is 11.4. The summed E-state index contributed by atoms with van der Waals surface area (Å²) in [6.07, 6.45) is 0. The van der Waals surface area contributed by atoms with Gasteiger partial charge in [0.25, 0.3) is 0 Å². The molecule has 15 heavy (non-hydrogen) atoms. The van der Waals surface area contributed by atoms with Gasteiger partial charge in [-0.25, -0.2) is 0 Å². The van der Waals surface area contributed by atoms with Crippen LogP contribution in [0.3, 0.4) is 0 Å². The van der Waals surface area contributed by atoms with Gasteiger partial charge in [-0.2, -0.15) is 0 Å². The minimum atomic E-state index is -0.211. The fraction of sp³-hybridized carbons (Fsp3) is 0.364. The van der Waals surface area contributed by atoms with E-state index in [4.69, 9.17) is 17.3 Å². The monoisotopic (exact) mass is 224 g/mol. The zero-order chi connectivity index (χ0) is 11.0. The van der Waals surface area contributed by atoms with Crippen LogP contribution in [0.4, 0.5) is 0 Å². The Morgan fingerprint density at radius 2 is 2.07 bits per heavy atom. The summed E-state index contributed by atoms with van der Waals surface area (Å²) in [5, 5.41) is 3.51. The molecule has 0 aromatic heterocycles. The molecule has 1 aliphatic rings. The van der Waals surface area contributed by atoms with E-state index in [1.165, 1.54) is 0 Å². The predicted octanol–water partition coefficient (Wildman–Crippen LogP) is 1.47. The summed E-state index contributed by atoms with van der Waals surface area (Å²) >= 11 is 6.06. The second kappa shape index (κ2) is 3.83. The average molecular weight is 225 g/mol. The molecule has 3 unspecified atom stereocenters. The lowest BCUT2D eigenvalue weighted by Crippen LogP contribution is -2.31.